The molecule has 110 valence electrons. The molecule has 2 aromatic rings. The number of aromatic nitrogens is 2. The number of hydrogen-bond acceptors (Lipinski definition) is 4. The third kappa shape index (κ3) is 3.78. The number of carbonyl (C=O) groups excluding carboxylic acids is 1. The predicted molar refractivity (Wildman–Crippen MR) is 82.8 cm³/mol. The van der Waals surface area contributed by atoms with E-state index in [4.69, 9.17) is 5.73 Å². The number of amides is 1. The van der Waals surface area contributed by atoms with Crippen LogP contribution in [-0.2, 0) is 6.54 Å². The Balaban J connectivity index is 2.19. The number of rotatable bonds is 4. The van der Waals surface area contributed by atoms with Crippen molar-refractivity contribution in [1.29, 1.82) is 0 Å². The lowest BCUT2D eigenvalue weighted by atomic mass is 10.1. The Bertz CT molecular complexity index is 625. The van der Waals surface area contributed by atoms with Gasteiger partial charge in [0.2, 0.25) is 0 Å². The zero-order valence-electron chi connectivity index (χ0n) is 12.6. The van der Waals surface area contributed by atoms with Crippen LogP contribution in [0.5, 0.6) is 0 Å². The molecule has 2 aromatic heterocycles. The zero-order valence-corrected chi connectivity index (χ0v) is 12.6. The van der Waals surface area contributed by atoms with E-state index >= 15 is 0 Å². The first-order chi connectivity index (χ1) is 9.97. The highest BCUT2D eigenvalue weighted by Crippen LogP contribution is 2.17. The van der Waals surface area contributed by atoms with Crippen LogP contribution in [0.25, 0.3) is 0 Å². The van der Waals surface area contributed by atoms with E-state index in [1.807, 2.05) is 32.0 Å². The number of nitrogens with zero attached hydrogens (tertiary/aromatic N) is 3. The topological polar surface area (TPSA) is 72.1 Å². The summed E-state index contributed by atoms with van der Waals surface area (Å²) in [4.78, 5) is 22.5. The summed E-state index contributed by atoms with van der Waals surface area (Å²) in [5.41, 5.74) is 8.18. The third-order valence-corrected chi connectivity index (χ3v) is 3.19. The molecule has 0 saturated carbocycles. The first-order valence-electron chi connectivity index (χ1n) is 6.89. The summed E-state index contributed by atoms with van der Waals surface area (Å²) >= 11 is 0. The Labute approximate surface area is 124 Å². The molecule has 2 heterocycles. The second-order valence-electron chi connectivity index (χ2n) is 5.38. The van der Waals surface area contributed by atoms with E-state index in [9.17, 15) is 4.79 Å². The fraction of sp³-hybridized carbons (Fsp3) is 0.312. The maximum atomic E-state index is 12.5. The van der Waals surface area contributed by atoms with Gasteiger partial charge < -0.3 is 10.6 Å². The summed E-state index contributed by atoms with van der Waals surface area (Å²) in [6, 6.07) is 7.23. The van der Waals surface area contributed by atoms with Gasteiger partial charge in [-0.1, -0.05) is 19.9 Å². The minimum absolute atomic E-state index is 0.0742. The Morgan fingerprint density at radius 1 is 1.38 bits per heavy atom. The largest absolute Gasteiger partial charge is 0.384 e. The van der Waals surface area contributed by atoms with Gasteiger partial charge in [-0.3, -0.25) is 9.78 Å². The lowest BCUT2D eigenvalue weighted by Crippen LogP contribution is -2.26. The summed E-state index contributed by atoms with van der Waals surface area (Å²) in [6.07, 6.45) is 3.47. The second kappa shape index (κ2) is 6.35. The SMILES string of the molecule is CC(C)c1cc(C(=O)N(C)Cc2cccnc2)cc(N)n1. The van der Waals surface area contributed by atoms with Crippen molar-refractivity contribution in [3.05, 3.63) is 53.5 Å². The number of hydrogen-bond donors (Lipinski definition) is 1. The van der Waals surface area contributed by atoms with Crippen molar-refractivity contribution in [3.8, 4) is 0 Å². The molecule has 0 aromatic carbocycles. The Morgan fingerprint density at radius 3 is 2.76 bits per heavy atom. The molecule has 2 N–H and O–H groups in total. The van der Waals surface area contributed by atoms with Crippen molar-refractivity contribution in [2.75, 3.05) is 12.8 Å². The minimum atomic E-state index is -0.0742. The van der Waals surface area contributed by atoms with E-state index in [2.05, 4.69) is 9.97 Å². The average Bonchev–Trinajstić information content (AvgIpc) is 2.46. The van der Waals surface area contributed by atoms with E-state index in [0.29, 0.717) is 17.9 Å². The molecule has 0 atom stereocenters. The van der Waals surface area contributed by atoms with Gasteiger partial charge in [-0.05, 0) is 29.7 Å². The lowest BCUT2D eigenvalue weighted by molar-refractivity contribution is 0.0785. The van der Waals surface area contributed by atoms with Crippen LogP contribution in [0.1, 0.15) is 41.4 Å². The van der Waals surface area contributed by atoms with Gasteiger partial charge in [0.15, 0.2) is 0 Å². The van der Waals surface area contributed by atoms with Crippen molar-refractivity contribution >= 4 is 11.7 Å². The van der Waals surface area contributed by atoms with Crippen molar-refractivity contribution < 1.29 is 4.79 Å². The standard InChI is InChI=1S/C16H20N4O/c1-11(2)14-7-13(8-15(17)19-14)16(21)20(3)10-12-5-4-6-18-9-12/h4-9,11H,10H2,1-3H3,(H2,17,19). The monoisotopic (exact) mass is 284 g/mol. The van der Waals surface area contributed by atoms with Gasteiger partial charge in [0.1, 0.15) is 5.82 Å². The van der Waals surface area contributed by atoms with Crippen LogP contribution in [-0.4, -0.2) is 27.8 Å². The lowest BCUT2D eigenvalue weighted by Gasteiger charge is -2.18. The Morgan fingerprint density at radius 2 is 2.14 bits per heavy atom. The molecule has 0 fully saturated rings. The van der Waals surface area contributed by atoms with Crippen molar-refractivity contribution in [2.45, 2.75) is 26.3 Å². The van der Waals surface area contributed by atoms with E-state index in [0.717, 1.165) is 11.3 Å². The fourth-order valence-electron chi connectivity index (χ4n) is 2.05. The van der Waals surface area contributed by atoms with Gasteiger partial charge in [-0.25, -0.2) is 4.98 Å². The van der Waals surface area contributed by atoms with Crippen LogP contribution in [0, 0.1) is 0 Å². The summed E-state index contributed by atoms with van der Waals surface area (Å²) in [5, 5.41) is 0. The molecule has 5 nitrogen and oxygen atoms in total. The van der Waals surface area contributed by atoms with Gasteiger partial charge in [0, 0.05) is 37.2 Å². The normalized spacial score (nSPS) is 10.7. The Hall–Kier alpha value is -2.43. The van der Waals surface area contributed by atoms with Crippen LogP contribution in [0.2, 0.25) is 0 Å². The fourth-order valence-corrected chi connectivity index (χ4v) is 2.05. The van der Waals surface area contributed by atoms with Crippen molar-refractivity contribution in [3.63, 3.8) is 0 Å². The smallest absolute Gasteiger partial charge is 0.254 e. The minimum Gasteiger partial charge on any atom is -0.384 e. The number of anilines is 1. The molecule has 2 rings (SSSR count). The number of nitrogens with two attached hydrogens (primary N) is 1. The molecule has 0 aliphatic rings. The zero-order chi connectivity index (χ0) is 15.4. The molecule has 0 saturated heterocycles. The highest BCUT2D eigenvalue weighted by molar-refractivity contribution is 5.94. The van der Waals surface area contributed by atoms with Gasteiger partial charge in [-0.15, -0.1) is 0 Å². The quantitative estimate of drug-likeness (QED) is 0.936. The Kier molecular flexibility index (Phi) is 4.52. The maximum absolute atomic E-state index is 12.5. The van der Waals surface area contributed by atoms with Crippen LogP contribution < -0.4 is 5.73 Å². The summed E-state index contributed by atoms with van der Waals surface area (Å²) in [7, 11) is 1.76. The summed E-state index contributed by atoms with van der Waals surface area (Å²) in [5.74, 6) is 0.526. The molecule has 0 unspecified atom stereocenters. The van der Waals surface area contributed by atoms with Crippen molar-refractivity contribution in [1.82, 2.24) is 14.9 Å². The van der Waals surface area contributed by atoms with E-state index < -0.39 is 0 Å². The number of carbonyl (C=O) groups is 1. The van der Waals surface area contributed by atoms with Crippen LogP contribution in [0.4, 0.5) is 5.82 Å². The van der Waals surface area contributed by atoms with E-state index in [-0.39, 0.29) is 11.8 Å². The van der Waals surface area contributed by atoms with Crippen molar-refractivity contribution in [2.24, 2.45) is 0 Å². The highest BCUT2D eigenvalue weighted by Gasteiger charge is 2.15. The first-order valence-corrected chi connectivity index (χ1v) is 6.89. The molecule has 0 aliphatic carbocycles. The molecule has 21 heavy (non-hydrogen) atoms. The molecule has 0 aliphatic heterocycles. The molecular weight excluding hydrogens is 264 g/mol. The predicted octanol–water partition coefficient (Wildman–Crippen LogP) is 2.45. The highest BCUT2D eigenvalue weighted by atomic mass is 16.2. The average molecular weight is 284 g/mol. The van der Waals surface area contributed by atoms with Crippen LogP contribution in [0.3, 0.4) is 0 Å². The molecule has 0 bridgehead atoms. The molecule has 5 heteroatoms. The third-order valence-electron chi connectivity index (χ3n) is 3.19. The number of nitrogen functional groups attached to an aromatic ring is 1. The number of pyridine rings is 2. The summed E-state index contributed by atoms with van der Waals surface area (Å²) in [6.45, 7) is 4.55. The van der Waals surface area contributed by atoms with E-state index in [1.54, 1.807) is 30.4 Å². The first kappa shape index (κ1) is 15.0. The van der Waals surface area contributed by atoms with Gasteiger partial charge in [0.05, 0.1) is 0 Å². The van der Waals surface area contributed by atoms with Gasteiger partial charge in [0.25, 0.3) is 5.91 Å². The van der Waals surface area contributed by atoms with E-state index in [1.165, 1.54) is 0 Å². The molecule has 1 amide bonds. The van der Waals surface area contributed by atoms with Gasteiger partial charge >= 0.3 is 0 Å². The molecule has 0 radical (unpaired) electrons. The summed E-state index contributed by atoms with van der Waals surface area (Å²) < 4.78 is 0. The van der Waals surface area contributed by atoms with Gasteiger partial charge in [-0.2, -0.15) is 0 Å². The molecule has 0 spiro atoms. The van der Waals surface area contributed by atoms with Crippen LogP contribution in [0.15, 0.2) is 36.7 Å². The maximum Gasteiger partial charge on any atom is 0.254 e. The molecular formula is C16H20N4O. The van der Waals surface area contributed by atoms with Crippen LogP contribution >= 0.6 is 0 Å². The second-order valence-corrected chi connectivity index (χ2v) is 5.38.